The van der Waals surface area contributed by atoms with E-state index in [1.165, 1.54) is 30.0 Å². The van der Waals surface area contributed by atoms with E-state index >= 15 is 0 Å². The van der Waals surface area contributed by atoms with Gasteiger partial charge in [-0.1, -0.05) is 0 Å². The zero-order chi connectivity index (χ0) is 18.0. The smallest absolute Gasteiger partial charge is 0.261 e. The second kappa shape index (κ2) is 7.33. The van der Waals surface area contributed by atoms with Crippen LogP contribution in [0.25, 0.3) is 0 Å². The third-order valence-corrected chi connectivity index (χ3v) is 5.74. The van der Waals surface area contributed by atoms with Crippen molar-refractivity contribution in [2.45, 2.75) is 22.4 Å². The molecule has 0 bridgehead atoms. The fourth-order valence-electron chi connectivity index (χ4n) is 2.68. The lowest BCUT2D eigenvalue weighted by molar-refractivity contribution is 0.0933. The summed E-state index contributed by atoms with van der Waals surface area (Å²) in [6.07, 6.45) is 2.37. The molecule has 0 unspecified atom stereocenters. The van der Waals surface area contributed by atoms with Gasteiger partial charge in [0.2, 0.25) is 0 Å². The van der Waals surface area contributed by atoms with Crippen molar-refractivity contribution in [3.63, 3.8) is 0 Å². The molecule has 0 aliphatic carbocycles. The Kier molecular flexibility index (Phi) is 5.16. The maximum Gasteiger partial charge on any atom is 0.261 e. The van der Waals surface area contributed by atoms with Gasteiger partial charge < -0.3 is 10.3 Å². The highest BCUT2D eigenvalue weighted by Gasteiger charge is 2.24. The molecule has 1 aromatic heterocycles. The summed E-state index contributed by atoms with van der Waals surface area (Å²) in [4.78, 5) is 28.2. The van der Waals surface area contributed by atoms with Gasteiger partial charge in [-0.05, 0) is 42.5 Å². The molecule has 3 rings (SSSR count). The Morgan fingerprint density at radius 3 is 3.00 bits per heavy atom. The summed E-state index contributed by atoms with van der Waals surface area (Å²) >= 11 is 2.83. The lowest BCUT2D eigenvalue weighted by Gasteiger charge is -2.26. The molecule has 2 aromatic rings. The number of carbonyl (C=O) groups is 1. The number of rotatable bonds is 3. The van der Waals surface area contributed by atoms with Gasteiger partial charge in [-0.25, -0.2) is 4.39 Å². The van der Waals surface area contributed by atoms with E-state index < -0.39 is 11.5 Å². The first-order chi connectivity index (χ1) is 12.0. The fraction of sp³-hybridized carbons (Fsp3) is 0.235. The van der Waals surface area contributed by atoms with Crippen LogP contribution >= 0.6 is 23.5 Å². The van der Waals surface area contributed by atoms with Gasteiger partial charge in [-0.2, -0.15) is 5.26 Å². The number of aromatic nitrogens is 1. The van der Waals surface area contributed by atoms with Crippen LogP contribution in [0.3, 0.4) is 0 Å². The third kappa shape index (κ3) is 3.57. The molecule has 0 spiro atoms. The zero-order valence-corrected chi connectivity index (χ0v) is 14.9. The second-order valence-corrected chi connectivity index (χ2v) is 7.37. The van der Waals surface area contributed by atoms with E-state index in [1.807, 2.05) is 6.07 Å². The number of halogens is 1. The molecule has 1 aliphatic heterocycles. The molecule has 1 aromatic carbocycles. The highest BCUT2D eigenvalue weighted by molar-refractivity contribution is 7.99. The number of benzene rings is 1. The number of aromatic amines is 1. The average Bonchev–Trinajstić information content (AvgIpc) is 2.61. The van der Waals surface area contributed by atoms with Crippen molar-refractivity contribution in [2.24, 2.45) is 0 Å². The standard InChI is InChI=1S/C17H14FN3O2S2/c1-24-17-9(8-19)6-12(16(23)21-17)15(22)20-13-4-5-25-14-3-2-10(18)7-11(13)14/h2-3,6-7,13H,4-5H2,1H3,(H,20,22)(H,21,23)/t13-/m0/s1. The lowest BCUT2D eigenvalue weighted by Crippen LogP contribution is -2.34. The molecule has 8 heteroatoms. The monoisotopic (exact) mass is 375 g/mol. The van der Waals surface area contributed by atoms with Crippen LogP contribution in [0.15, 0.2) is 39.0 Å². The molecule has 128 valence electrons. The Bertz CT molecular complexity index is 936. The van der Waals surface area contributed by atoms with E-state index in [-0.39, 0.29) is 23.0 Å². The molecule has 1 atom stereocenters. The minimum Gasteiger partial charge on any atom is -0.345 e. The number of H-pyrrole nitrogens is 1. The quantitative estimate of drug-likeness (QED) is 0.805. The Labute approximate surface area is 152 Å². The second-order valence-electron chi connectivity index (χ2n) is 5.42. The highest BCUT2D eigenvalue weighted by atomic mass is 32.2. The molecule has 0 saturated heterocycles. The Hall–Kier alpha value is -2.24. The van der Waals surface area contributed by atoms with Crippen LogP contribution in [0.1, 0.15) is 33.9 Å². The van der Waals surface area contributed by atoms with Crippen molar-refractivity contribution in [2.75, 3.05) is 12.0 Å². The van der Waals surface area contributed by atoms with Gasteiger partial charge in [-0.3, -0.25) is 9.59 Å². The number of hydrogen-bond donors (Lipinski definition) is 2. The number of nitriles is 1. The number of fused-ring (bicyclic) bond motifs is 1. The highest BCUT2D eigenvalue weighted by Crippen LogP contribution is 2.36. The summed E-state index contributed by atoms with van der Waals surface area (Å²) in [5, 5.41) is 12.4. The maximum atomic E-state index is 13.6. The summed E-state index contributed by atoms with van der Waals surface area (Å²) in [5.41, 5.74) is 0.279. The summed E-state index contributed by atoms with van der Waals surface area (Å²) in [5.74, 6) is -0.152. The largest absolute Gasteiger partial charge is 0.345 e. The first-order valence-electron chi connectivity index (χ1n) is 7.48. The molecule has 0 fully saturated rings. The summed E-state index contributed by atoms with van der Waals surface area (Å²) in [6.45, 7) is 0. The van der Waals surface area contributed by atoms with Gasteiger partial charge in [0, 0.05) is 10.6 Å². The van der Waals surface area contributed by atoms with Crippen molar-refractivity contribution >= 4 is 29.4 Å². The molecule has 25 heavy (non-hydrogen) atoms. The normalized spacial score (nSPS) is 16.0. The van der Waals surface area contributed by atoms with Crippen molar-refractivity contribution < 1.29 is 9.18 Å². The molecule has 2 heterocycles. The number of pyridine rings is 1. The Morgan fingerprint density at radius 2 is 2.28 bits per heavy atom. The van der Waals surface area contributed by atoms with Gasteiger partial charge in [-0.15, -0.1) is 23.5 Å². The Morgan fingerprint density at radius 1 is 1.48 bits per heavy atom. The number of nitrogens with one attached hydrogen (secondary N) is 2. The number of hydrogen-bond acceptors (Lipinski definition) is 5. The van der Waals surface area contributed by atoms with Gasteiger partial charge in [0.05, 0.1) is 16.6 Å². The molecule has 0 saturated carbocycles. The predicted molar refractivity (Wildman–Crippen MR) is 95.5 cm³/mol. The van der Waals surface area contributed by atoms with Crippen LogP contribution < -0.4 is 10.9 Å². The number of amides is 1. The van der Waals surface area contributed by atoms with Crippen LogP contribution in [-0.2, 0) is 0 Å². The molecule has 1 amide bonds. The molecular weight excluding hydrogens is 361 g/mol. The van der Waals surface area contributed by atoms with Crippen LogP contribution in [0.5, 0.6) is 0 Å². The summed E-state index contributed by atoms with van der Waals surface area (Å²) in [7, 11) is 0. The van der Waals surface area contributed by atoms with Gasteiger partial charge in [0.15, 0.2) is 0 Å². The van der Waals surface area contributed by atoms with Crippen molar-refractivity contribution in [3.8, 4) is 6.07 Å². The predicted octanol–water partition coefficient (Wildman–Crippen LogP) is 3.07. The average molecular weight is 375 g/mol. The van der Waals surface area contributed by atoms with Crippen molar-refractivity contribution in [3.05, 3.63) is 57.1 Å². The lowest BCUT2D eigenvalue weighted by atomic mass is 10.0. The van der Waals surface area contributed by atoms with Gasteiger partial charge >= 0.3 is 0 Å². The first-order valence-corrected chi connectivity index (χ1v) is 9.69. The Balaban J connectivity index is 1.91. The topological polar surface area (TPSA) is 85.8 Å². The minimum atomic E-state index is -0.572. The van der Waals surface area contributed by atoms with Crippen LogP contribution in [0.4, 0.5) is 4.39 Å². The van der Waals surface area contributed by atoms with Crippen LogP contribution in [0, 0.1) is 17.1 Å². The van der Waals surface area contributed by atoms with Gasteiger partial charge in [0.1, 0.15) is 17.4 Å². The molecule has 0 radical (unpaired) electrons. The third-order valence-electron chi connectivity index (χ3n) is 3.89. The minimum absolute atomic E-state index is 0.120. The number of carbonyl (C=O) groups excluding carboxylic acids is 1. The molecule has 1 aliphatic rings. The van der Waals surface area contributed by atoms with Crippen molar-refractivity contribution in [1.82, 2.24) is 10.3 Å². The van der Waals surface area contributed by atoms with E-state index in [9.17, 15) is 14.0 Å². The maximum absolute atomic E-state index is 13.6. The summed E-state index contributed by atoms with van der Waals surface area (Å²) in [6, 6.07) is 7.39. The van der Waals surface area contributed by atoms with Gasteiger partial charge in [0.25, 0.3) is 11.5 Å². The van der Waals surface area contributed by atoms with Crippen LogP contribution in [-0.4, -0.2) is 22.9 Å². The fourth-order valence-corrected chi connectivity index (χ4v) is 4.30. The first kappa shape index (κ1) is 17.6. The van der Waals surface area contributed by atoms with E-state index in [4.69, 9.17) is 5.26 Å². The van der Waals surface area contributed by atoms with E-state index in [2.05, 4.69) is 10.3 Å². The zero-order valence-electron chi connectivity index (χ0n) is 13.3. The molecule has 5 nitrogen and oxygen atoms in total. The number of nitrogens with zero attached hydrogens (tertiary/aromatic N) is 1. The number of thioether (sulfide) groups is 2. The van der Waals surface area contributed by atoms with Crippen LogP contribution in [0.2, 0.25) is 0 Å². The summed E-state index contributed by atoms with van der Waals surface area (Å²) < 4.78 is 13.6. The molecular formula is C17H14FN3O2S2. The van der Waals surface area contributed by atoms with Crippen molar-refractivity contribution in [1.29, 1.82) is 5.26 Å². The van der Waals surface area contributed by atoms with E-state index in [0.717, 1.165) is 10.6 Å². The van der Waals surface area contributed by atoms with E-state index in [1.54, 1.807) is 24.1 Å². The van der Waals surface area contributed by atoms with E-state index in [0.29, 0.717) is 17.0 Å². The molecule has 2 N–H and O–H groups in total. The SMILES string of the molecule is CSc1[nH]c(=O)c(C(=O)N[C@H]2CCSc3ccc(F)cc32)cc1C#N.